The van der Waals surface area contributed by atoms with Gasteiger partial charge in [-0.1, -0.05) is 13.8 Å². The highest BCUT2D eigenvalue weighted by Crippen LogP contribution is 2.32. The molecule has 0 saturated carbocycles. The van der Waals surface area contributed by atoms with E-state index in [1.807, 2.05) is 13.8 Å². The lowest BCUT2D eigenvalue weighted by Crippen LogP contribution is -2.46. The van der Waals surface area contributed by atoms with Gasteiger partial charge in [0.15, 0.2) is 0 Å². The van der Waals surface area contributed by atoms with Crippen molar-refractivity contribution in [2.75, 3.05) is 20.1 Å². The van der Waals surface area contributed by atoms with E-state index in [4.69, 9.17) is 0 Å². The minimum atomic E-state index is -0.905. The third-order valence-electron chi connectivity index (χ3n) is 4.55. The number of nitrogens with one attached hydrogen (secondary N) is 1. The lowest BCUT2D eigenvalue weighted by atomic mass is 9.78. The number of hydrogen-bond acceptors (Lipinski definition) is 3. The zero-order valence-electron chi connectivity index (χ0n) is 12.2. The van der Waals surface area contributed by atoms with Gasteiger partial charge in [-0.05, 0) is 38.8 Å². The van der Waals surface area contributed by atoms with Crippen LogP contribution in [0, 0.1) is 5.41 Å². The molecular weight excluding hydrogens is 244 g/mol. The van der Waals surface area contributed by atoms with E-state index in [9.17, 15) is 14.7 Å². The highest BCUT2D eigenvalue weighted by atomic mass is 16.4. The first kappa shape index (κ1) is 16.0. The van der Waals surface area contributed by atoms with Crippen LogP contribution in [-0.2, 0) is 9.59 Å². The molecule has 1 saturated heterocycles. The number of amides is 1. The van der Waals surface area contributed by atoms with Gasteiger partial charge in [0.05, 0.1) is 5.41 Å². The van der Waals surface area contributed by atoms with Crippen LogP contribution in [0.1, 0.15) is 46.0 Å². The SMILES string of the molecule is CCC(CC)(CC(=O)N(C)C1CCNCC1)C(=O)O. The highest BCUT2D eigenvalue weighted by molar-refractivity contribution is 5.85. The van der Waals surface area contributed by atoms with Gasteiger partial charge in [-0.3, -0.25) is 9.59 Å². The standard InChI is InChI=1S/C14H26N2O3/c1-4-14(5-2,13(18)19)10-12(17)16(3)11-6-8-15-9-7-11/h11,15H,4-10H2,1-3H3,(H,18,19). The molecule has 2 N–H and O–H groups in total. The van der Waals surface area contributed by atoms with Gasteiger partial charge in [0.1, 0.15) is 0 Å². The van der Waals surface area contributed by atoms with Crippen LogP contribution in [0.15, 0.2) is 0 Å². The first-order valence-electron chi connectivity index (χ1n) is 7.16. The molecule has 0 unspecified atom stereocenters. The van der Waals surface area contributed by atoms with E-state index in [1.54, 1.807) is 11.9 Å². The number of hydrogen-bond donors (Lipinski definition) is 2. The van der Waals surface area contributed by atoms with E-state index in [0.717, 1.165) is 25.9 Å². The number of carbonyl (C=O) groups is 2. The number of aliphatic carboxylic acids is 1. The maximum absolute atomic E-state index is 12.3. The summed E-state index contributed by atoms with van der Waals surface area (Å²) in [5.74, 6) is -0.900. The number of piperidine rings is 1. The van der Waals surface area contributed by atoms with Crippen molar-refractivity contribution in [2.45, 2.75) is 52.0 Å². The number of carbonyl (C=O) groups excluding carboxylic acids is 1. The van der Waals surface area contributed by atoms with E-state index in [1.165, 1.54) is 0 Å². The highest BCUT2D eigenvalue weighted by Gasteiger charge is 2.38. The van der Waals surface area contributed by atoms with Crippen LogP contribution in [0.3, 0.4) is 0 Å². The Balaban J connectivity index is 2.68. The quantitative estimate of drug-likeness (QED) is 0.767. The minimum Gasteiger partial charge on any atom is -0.481 e. The monoisotopic (exact) mass is 270 g/mol. The normalized spacial score (nSPS) is 17.2. The van der Waals surface area contributed by atoms with Crippen LogP contribution < -0.4 is 5.32 Å². The molecule has 0 atom stereocenters. The average molecular weight is 270 g/mol. The molecule has 1 heterocycles. The van der Waals surface area contributed by atoms with Gasteiger partial charge < -0.3 is 15.3 Å². The Morgan fingerprint density at radius 1 is 1.26 bits per heavy atom. The zero-order valence-corrected chi connectivity index (χ0v) is 12.2. The largest absolute Gasteiger partial charge is 0.481 e. The van der Waals surface area contributed by atoms with Gasteiger partial charge in [0.2, 0.25) is 5.91 Å². The summed E-state index contributed by atoms with van der Waals surface area (Å²) in [4.78, 5) is 25.5. The lowest BCUT2D eigenvalue weighted by molar-refractivity contribution is -0.154. The fourth-order valence-electron chi connectivity index (χ4n) is 2.69. The fourth-order valence-corrected chi connectivity index (χ4v) is 2.69. The molecular formula is C14H26N2O3. The van der Waals surface area contributed by atoms with Crippen molar-refractivity contribution in [2.24, 2.45) is 5.41 Å². The average Bonchev–Trinajstić information content (AvgIpc) is 2.44. The molecule has 1 amide bonds. The Bertz CT molecular complexity index is 321. The summed E-state index contributed by atoms with van der Waals surface area (Å²) in [5.41, 5.74) is -0.905. The Hall–Kier alpha value is -1.10. The molecule has 1 aliphatic heterocycles. The van der Waals surface area contributed by atoms with Crippen LogP contribution in [0.5, 0.6) is 0 Å². The summed E-state index contributed by atoms with van der Waals surface area (Å²) in [7, 11) is 1.80. The second kappa shape index (κ2) is 6.89. The molecule has 1 aliphatic rings. The van der Waals surface area contributed by atoms with E-state index in [0.29, 0.717) is 12.8 Å². The van der Waals surface area contributed by atoms with Gasteiger partial charge in [0, 0.05) is 19.5 Å². The summed E-state index contributed by atoms with van der Waals surface area (Å²) in [5, 5.41) is 12.6. The molecule has 0 aromatic carbocycles. The predicted octanol–water partition coefficient (Wildman–Crippen LogP) is 1.48. The van der Waals surface area contributed by atoms with E-state index < -0.39 is 11.4 Å². The van der Waals surface area contributed by atoms with E-state index in [-0.39, 0.29) is 18.4 Å². The molecule has 0 radical (unpaired) electrons. The summed E-state index contributed by atoms with van der Waals surface area (Å²) < 4.78 is 0. The van der Waals surface area contributed by atoms with Gasteiger partial charge in [-0.25, -0.2) is 0 Å². The van der Waals surface area contributed by atoms with Crippen molar-refractivity contribution >= 4 is 11.9 Å². The van der Waals surface area contributed by atoms with Crippen molar-refractivity contribution in [3.05, 3.63) is 0 Å². The van der Waals surface area contributed by atoms with Crippen LogP contribution in [-0.4, -0.2) is 48.1 Å². The number of carboxylic acid groups (broad SMARTS) is 1. The third kappa shape index (κ3) is 3.69. The van der Waals surface area contributed by atoms with Gasteiger partial charge in [-0.2, -0.15) is 0 Å². The molecule has 0 aromatic rings. The first-order valence-corrected chi connectivity index (χ1v) is 7.16. The molecule has 0 aliphatic carbocycles. The summed E-state index contributed by atoms with van der Waals surface area (Å²) in [6.45, 7) is 5.53. The van der Waals surface area contributed by atoms with Crippen LogP contribution in [0.25, 0.3) is 0 Å². The second-order valence-electron chi connectivity index (χ2n) is 5.46. The molecule has 0 aromatic heterocycles. The van der Waals surface area contributed by atoms with Gasteiger partial charge in [0.25, 0.3) is 0 Å². The molecule has 1 rings (SSSR count). The fraction of sp³-hybridized carbons (Fsp3) is 0.857. The topological polar surface area (TPSA) is 69.6 Å². The third-order valence-corrected chi connectivity index (χ3v) is 4.55. The maximum atomic E-state index is 12.3. The Morgan fingerprint density at radius 3 is 2.21 bits per heavy atom. The second-order valence-corrected chi connectivity index (χ2v) is 5.46. The smallest absolute Gasteiger partial charge is 0.310 e. The van der Waals surface area contributed by atoms with Crippen LogP contribution in [0.2, 0.25) is 0 Å². The molecule has 1 fully saturated rings. The molecule has 0 spiro atoms. The zero-order chi connectivity index (χ0) is 14.5. The Labute approximate surface area is 115 Å². The van der Waals surface area contributed by atoms with Gasteiger partial charge in [-0.15, -0.1) is 0 Å². The van der Waals surface area contributed by atoms with Crippen LogP contribution >= 0.6 is 0 Å². The van der Waals surface area contributed by atoms with Crippen molar-refractivity contribution < 1.29 is 14.7 Å². The Kier molecular flexibility index (Phi) is 5.79. The molecule has 5 nitrogen and oxygen atoms in total. The Morgan fingerprint density at radius 2 is 1.79 bits per heavy atom. The maximum Gasteiger partial charge on any atom is 0.310 e. The van der Waals surface area contributed by atoms with Crippen molar-refractivity contribution in [1.82, 2.24) is 10.2 Å². The summed E-state index contributed by atoms with van der Waals surface area (Å²) in [6, 6.07) is 0.244. The van der Waals surface area contributed by atoms with Crippen molar-refractivity contribution in [3.63, 3.8) is 0 Å². The van der Waals surface area contributed by atoms with E-state index >= 15 is 0 Å². The van der Waals surface area contributed by atoms with Crippen molar-refractivity contribution in [1.29, 1.82) is 0 Å². The molecule has 0 bridgehead atoms. The number of rotatable bonds is 6. The summed E-state index contributed by atoms with van der Waals surface area (Å²) >= 11 is 0. The first-order chi connectivity index (χ1) is 8.96. The minimum absolute atomic E-state index is 0.0435. The van der Waals surface area contributed by atoms with Gasteiger partial charge >= 0.3 is 5.97 Å². The number of carboxylic acids is 1. The predicted molar refractivity (Wildman–Crippen MR) is 73.9 cm³/mol. The van der Waals surface area contributed by atoms with Crippen molar-refractivity contribution in [3.8, 4) is 0 Å². The van der Waals surface area contributed by atoms with E-state index in [2.05, 4.69) is 5.32 Å². The molecule has 19 heavy (non-hydrogen) atoms. The lowest BCUT2D eigenvalue weighted by Gasteiger charge is -2.34. The molecule has 110 valence electrons. The van der Waals surface area contributed by atoms with Crippen LogP contribution in [0.4, 0.5) is 0 Å². The summed E-state index contributed by atoms with van der Waals surface area (Å²) in [6.07, 6.45) is 2.98. The number of nitrogens with zero attached hydrogens (tertiary/aromatic N) is 1. The molecule has 5 heteroatoms.